The molecule has 0 bridgehead atoms. The molecule has 0 aromatic heterocycles. The number of aliphatic carboxylic acids is 1. The number of rotatable bonds is 5. The number of likely N-dealkylation sites (N-methyl/N-ethyl adjacent to an activating group) is 1. The van der Waals surface area contributed by atoms with Crippen molar-refractivity contribution in [1.82, 2.24) is 9.80 Å². The van der Waals surface area contributed by atoms with Crippen molar-refractivity contribution in [2.75, 3.05) is 26.2 Å². The third-order valence-corrected chi connectivity index (χ3v) is 3.54. The first kappa shape index (κ1) is 14.0. The lowest BCUT2D eigenvalue weighted by molar-refractivity contribution is -0.149. The average Bonchev–Trinajstić information content (AvgIpc) is 2.78. The van der Waals surface area contributed by atoms with Gasteiger partial charge in [0.2, 0.25) is 5.91 Å². The van der Waals surface area contributed by atoms with Crippen LogP contribution in [0.2, 0.25) is 0 Å². The molecule has 2 unspecified atom stereocenters. The molecule has 1 aliphatic rings. The molecule has 5 heteroatoms. The van der Waals surface area contributed by atoms with Crippen molar-refractivity contribution in [3.63, 3.8) is 0 Å². The molecular formula is C12H22N2O3. The van der Waals surface area contributed by atoms with Gasteiger partial charge in [0.05, 0.1) is 0 Å². The zero-order valence-corrected chi connectivity index (χ0v) is 10.8. The number of carboxylic acid groups (broad SMARTS) is 1. The van der Waals surface area contributed by atoms with Gasteiger partial charge in [0.25, 0.3) is 0 Å². The maximum atomic E-state index is 11.9. The number of carbonyl (C=O) groups is 2. The molecule has 5 nitrogen and oxygen atoms in total. The smallest absolute Gasteiger partial charge is 0.315 e. The molecule has 1 N–H and O–H groups in total. The summed E-state index contributed by atoms with van der Waals surface area (Å²) in [6.07, 6.45) is 0.944. The van der Waals surface area contributed by atoms with Gasteiger partial charge in [-0.05, 0) is 26.4 Å². The van der Waals surface area contributed by atoms with Crippen molar-refractivity contribution in [3.05, 3.63) is 0 Å². The Morgan fingerprint density at radius 1 is 1.41 bits per heavy atom. The fourth-order valence-electron chi connectivity index (χ4n) is 2.36. The fraction of sp³-hybridized carbons (Fsp3) is 0.833. The van der Waals surface area contributed by atoms with Crippen molar-refractivity contribution >= 4 is 11.9 Å². The number of amides is 1. The number of likely N-dealkylation sites (tertiary alicyclic amines) is 1. The number of nitrogens with zero attached hydrogens (tertiary/aromatic N) is 2. The maximum absolute atomic E-state index is 11.9. The van der Waals surface area contributed by atoms with E-state index in [1.165, 1.54) is 6.92 Å². The van der Waals surface area contributed by atoms with Gasteiger partial charge in [-0.2, -0.15) is 0 Å². The Kier molecular flexibility index (Phi) is 4.93. The Labute approximate surface area is 102 Å². The van der Waals surface area contributed by atoms with Crippen molar-refractivity contribution in [3.8, 4) is 0 Å². The van der Waals surface area contributed by atoms with Gasteiger partial charge in [-0.3, -0.25) is 14.5 Å². The maximum Gasteiger partial charge on any atom is 0.315 e. The lowest BCUT2D eigenvalue weighted by Crippen LogP contribution is -2.41. The molecule has 1 aliphatic heterocycles. The van der Waals surface area contributed by atoms with Gasteiger partial charge in [0, 0.05) is 19.1 Å². The molecule has 0 saturated carbocycles. The number of hydrogen-bond donors (Lipinski definition) is 1. The van der Waals surface area contributed by atoms with Crippen LogP contribution in [0.3, 0.4) is 0 Å². The summed E-state index contributed by atoms with van der Waals surface area (Å²) >= 11 is 0. The average molecular weight is 242 g/mol. The van der Waals surface area contributed by atoms with Crippen LogP contribution in [0.1, 0.15) is 27.2 Å². The summed E-state index contributed by atoms with van der Waals surface area (Å²) in [4.78, 5) is 26.6. The van der Waals surface area contributed by atoms with Gasteiger partial charge in [0.15, 0.2) is 0 Å². The predicted molar refractivity (Wildman–Crippen MR) is 64.7 cm³/mol. The van der Waals surface area contributed by atoms with Crippen LogP contribution in [0.4, 0.5) is 0 Å². The number of carbonyl (C=O) groups excluding carboxylic acids is 1. The lowest BCUT2D eigenvalue weighted by atomic mass is 10.1. The molecular weight excluding hydrogens is 220 g/mol. The topological polar surface area (TPSA) is 60.9 Å². The number of hydrogen-bond acceptors (Lipinski definition) is 3. The van der Waals surface area contributed by atoms with E-state index in [0.717, 1.165) is 19.5 Å². The molecule has 2 atom stereocenters. The van der Waals surface area contributed by atoms with Gasteiger partial charge in [-0.15, -0.1) is 0 Å². The highest BCUT2D eigenvalue weighted by Gasteiger charge is 2.33. The first-order chi connectivity index (χ1) is 8.01. The lowest BCUT2D eigenvalue weighted by Gasteiger charge is -2.26. The van der Waals surface area contributed by atoms with E-state index in [1.807, 2.05) is 0 Å². The van der Waals surface area contributed by atoms with Gasteiger partial charge in [-0.25, -0.2) is 0 Å². The van der Waals surface area contributed by atoms with Gasteiger partial charge >= 0.3 is 5.97 Å². The summed E-state index contributed by atoms with van der Waals surface area (Å²) in [6, 6.07) is 0.384. The van der Waals surface area contributed by atoms with Crippen LogP contribution in [0, 0.1) is 5.92 Å². The molecule has 0 radical (unpaired) electrons. The minimum absolute atomic E-state index is 0.257. The van der Waals surface area contributed by atoms with Crippen molar-refractivity contribution in [2.24, 2.45) is 5.92 Å². The molecule has 17 heavy (non-hydrogen) atoms. The Morgan fingerprint density at radius 3 is 2.47 bits per heavy atom. The molecule has 0 aliphatic carbocycles. The zero-order chi connectivity index (χ0) is 13.0. The van der Waals surface area contributed by atoms with E-state index in [0.29, 0.717) is 19.1 Å². The third-order valence-electron chi connectivity index (χ3n) is 3.54. The van der Waals surface area contributed by atoms with E-state index in [-0.39, 0.29) is 5.91 Å². The van der Waals surface area contributed by atoms with Gasteiger partial charge < -0.3 is 10.0 Å². The summed E-state index contributed by atoms with van der Waals surface area (Å²) < 4.78 is 0. The Balaban J connectivity index is 2.55. The van der Waals surface area contributed by atoms with Gasteiger partial charge in [-0.1, -0.05) is 13.8 Å². The normalized spacial score (nSPS) is 21.9. The standard InChI is InChI=1S/C12H22N2O3/c1-4-13(5-2)10-6-7-14(8-10)11(15)9(3)12(16)17/h9-10H,4-8H2,1-3H3,(H,16,17). The van der Waals surface area contributed by atoms with E-state index >= 15 is 0 Å². The highest BCUT2D eigenvalue weighted by Crippen LogP contribution is 2.17. The predicted octanol–water partition coefficient (Wildman–Crippen LogP) is 0.650. The number of carboxylic acids is 1. The minimum atomic E-state index is -1.04. The molecule has 1 fully saturated rings. The Bertz CT molecular complexity index is 289. The second-order valence-corrected chi connectivity index (χ2v) is 4.51. The molecule has 0 aromatic carbocycles. The van der Waals surface area contributed by atoms with Crippen LogP contribution in [-0.4, -0.2) is 59.0 Å². The van der Waals surface area contributed by atoms with E-state index < -0.39 is 11.9 Å². The van der Waals surface area contributed by atoms with E-state index in [9.17, 15) is 9.59 Å². The summed E-state index contributed by atoms with van der Waals surface area (Å²) in [5.41, 5.74) is 0. The van der Waals surface area contributed by atoms with Crippen LogP contribution in [0.15, 0.2) is 0 Å². The van der Waals surface area contributed by atoms with Crippen LogP contribution < -0.4 is 0 Å². The van der Waals surface area contributed by atoms with Crippen LogP contribution >= 0.6 is 0 Å². The van der Waals surface area contributed by atoms with E-state index in [2.05, 4.69) is 18.7 Å². The van der Waals surface area contributed by atoms with Crippen molar-refractivity contribution in [1.29, 1.82) is 0 Å². The SMILES string of the molecule is CCN(CC)C1CCN(C(=O)C(C)C(=O)O)C1. The van der Waals surface area contributed by atoms with Crippen LogP contribution in [-0.2, 0) is 9.59 Å². The largest absolute Gasteiger partial charge is 0.481 e. The Hall–Kier alpha value is -1.10. The molecule has 1 saturated heterocycles. The Morgan fingerprint density at radius 2 is 2.00 bits per heavy atom. The summed E-state index contributed by atoms with van der Waals surface area (Å²) in [5.74, 6) is -2.22. The highest BCUT2D eigenvalue weighted by atomic mass is 16.4. The highest BCUT2D eigenvalue weighted by molar-refractivity contribution is 5.96. The minimum Gasteiger partial charge on any atom is -0.481 e. The second-order valence-electron chi connectivity index (χ2n) is 4.51. The first-order valence-electron chi connectivity index (χ1n) is 6.26. The van der Waals surface area contributed by atoms with E-state index in [4.69, 9.17) is 5.11 Å². The van der Waals surface area contributed by atoms with Gasteiger partial charge in [0.1, 0.15) is 5.92 Å². The van der Waals surface area contributed by atoms with Crippen molar-refractivity contribution < 1.29 is 14.7 Å². The monoisotopic (exact) mass is 242 g/mol. The van der Waals surface area contributed by atoms with E-state index in [1.54, 1.807) is 4.90 Å². The van der Waals surface area contributed by atoms with Crippen LogP contribution in [0.5, 0.6) is 0 Å². The molecule has 1 rings (SSSR count). The zero-order valence-electron chi connectivity index (χ0n) is 10.8. The molecule has 1 amide bonds. The third kappa shape index (κ3) is 3.19. The second kappa shape index (κ2) is 6.00. The summed E-state index contributed by atoms with van der Waals surface area (Å²) in [5, 5.41) is 8.82. The first-order valence-corrected chi connectivity index (χ1v) is 6.26. The summed E-state index contributed by atoms with van der Waals surface area (Å²) in [6.45, 7) is 8.95. The fourth-order valence-corrected chi connectivity index (χ4v) is 2.36. The van der Waals surface area contributed by atoms with Crippen molar-refractivity contribution in [2.45, 2.75) is 33.2 Å². The molecule has 98 valence electrons. The van der Waals surface area contributed by atoms with Crippen LogP contribution in [0.25, 0.3) is 0 Å². The molecule has 0 spiro atoms. The molecule has 0 aromatic rings. The summed E-state index contributed by atoms with van der Waals surface area (Å²) in [7, 11) is 0. The quantitative estimate of drug-likeness (QED) is 0.719. The molecule has 1 heterocycles.